The zero-order valence-electron chi connectivity index (χ0n) is 11.1. The fraction of sp³-hybridized carbons (Fsp3) is 0.286. The van der Waals surface area contributed by atoms with E-state index < -0.39 is 9.84 Å². The van der Waals surface area contributed by atoms with Crippen molar-refractivity contribution in [1.82, 2.24) is 4.57 Å². The standard InChI is InChI=1S/C14H18N2O2S/c1-3-16-9-5-7-13(16)11-15-12-6-4-8-14(10-12)19(2,17)18/h4-10,15H,3,11H2,1-2H3. The molecule has 1 heterocycles. The molecule has 0 saturated carbocycles. The maximum Gasteiger partial charge on any atom is 0.175 e. The van der Waals surface area contributed by atoms with Gasteiger partial charge in [0, 0.05) is 30.4 Å². The van der Waals surface area contributed by atoms with Crippen molar-refractivity contribution in [3.05, 3.63) is 48.3 Å². The smallest absolute Gasteiger partial charge is 0.175 e. The van der Waals surface area contributed by atoms with Gasteiger partial charge in [0.1, 0.15) is 0 Å². The lowest BCUT2D eigenvalue weighted by Gasteiger charge is -2.10. The molecule has 2 rings (SSSR count). The van der Waals surface area contributed by atoms with Crippen LogP contribution in [0.15, 0.2) is 47.5 Å². The number of nitrogens with zero attached hydrogens (tertiary/aromatic N) is 1. The van der Waals surface area contributed by atoms with E-state index in [1.165, 1.54) is 11.9 Å². The monoisotopic (exact) mass is 278 g/mol. The minimum Gasteiger partial charge on any atom is -0.379 e. The van der Waals surface area contributed by atoms with Crippen LogP contribution in [0.2, 0.25) is 0 Å². The van der Waals surface area contributed by atoms with Crippen LogP contribution in [0.4, 0.5) is 5.69 Å². The molecule has 0 aliphatic rings. The Morgan fingerprint density at radius 2 is 2.00 bits per heavy atom. The second kappa shape index (κ2) is 5.48. The molecule has 1 aromatic heterocycles. The van der Waals surface area contributed by atoms with Crippen molar-refractivity contribution in [3.63, 3.8) is 0 Å². The van der Waals surface area contributed by atoms with Crippen molar-refractivity contribution >= 4 is 15.5 Å². The van der Waals surface area contributed by atoms with E-state index in [2.05, 4.69) is 22.9 Å². The summed E-state index contributed by atoms with van der Waals surface area (Å²) in [5.74, 6) is 0. The molecule has 2 aromatic rings. The zero-order chi connectivity index (χ0) is 13.9. The van der Waals surface area contributed by atoms with Crippen LogP contribution in [0.25, 0.3) is 0 Å². The van der Waals surface area contributed by atoms with E-state index in [1.54, 1.807) is 18.2 Å². The first-order chi connectivity index (χ1) is 9.00. The first-order valence-electron chi connectivity index (χ1n) is 6.18. The van der Waals surface area contributed by atoms with Crippen LogP contribution in [0, 0.1) is 0 Å². The summed E-state index contributed by atoms with van der Waals surface area (Å²) in [7, 11) is -3.16. The average Bonchev–Trinajstić information content (AvgIpc) is 2.83. The molecule has 5 heteroatoms. The molecule has 4 nitrogen and oxygen atoms in total. The van der Waals surface area contributed by atoms with Crippen molar-refractivity contribution in [3.8, 4) is 0 Å². The Balaban J connectivity index is 2.12. The van der Waals surface area contributed by atoms with Crippen molar-refractivity contribution in [2.45, 2.75) is 24.9 Å². The van der Waals surface area contributed by atoms with Crippen LogP contribution >= 0.6 is 0 Å². The lowest BCUT2D eigenvalue weighted by Crippen LogP contribution is -2.06. The Labute approximate surface area is 114 Å². The fourth-order valence-electron chi connectivity index (χ4n) is 1.95. The highest BCUT2D eigenvalue weighted by atomic mass is 32.2. The molecule has 0 saturated heterocycles. The number of hydrogen-bond donors (Lipinski definition) is 1. The molecule has 0 spiro atoms. The Morgan fingerprint density at radius 3 is 2.68 bits per heavy atom. The Kier molecular flexibility index (Phi) is 3.95. The van der Waals surface area contributed by atoms with E-state index in [9.17, 15) is 8.42 Å². The highest BCUT2D eigenvalue weighted by Crippen LogP contribution is 2.16. The minimum absolute atomic E-state index is 0.336. The fourth-order valence-corrected chi connectivity index (χ4v) is 2.61. The molecule has 1 N–H and O–H groups in total. The van der Waals surface area contributed by atoms with Gasteiger partial charge in [-0.1, -0.05) is 6.07 Å². The van der Waals surface area contributed by atoms with E-state index in [0.717, 1.165) is 12.2 Å². The summed E-state index contributed by atoms with van der Waals surface area (Å²) < 4.78 is 25.1. The summed E-state index contributed by atoms with van der Waals surface area (Å²) in [6.45, 7) is 3.69. The number of sulfone groups is 1. The lowest BCUT2D eigenvalue weighted by molar-refractivity contribution is 0.602. The second-order valence-corrected chi connectivity index (χ2v) is 6.45. The van der Waals surface area contributed by atoms with Crippen molar-refractivity contribution in [2.75, 3.05) is 11.6 Å². The summed E-state index contributed by atoms with van der Waals surface area (Å²) in [6, 6.07) is 10.9. The molecule has 0 aliphatic heterocycles. The van der Waals surface area contributed by atoms with Crippen molar-refractivity contribution in [1.29, 1.82) is 0 Å². The Bertz CT molecular complexity index is 660. The number of aryl methyl sites for hydroxylation is 1. The normalized spacial score (nSPS) is 11.5. The summed E-state index contributed by atoms with van der Waals surface area (Å²) >= 11 is 0. The molecule has 0 fully saturated rings. The van der Waals surface area contributed by atoms with Crippen LogP contribution < -0.4 is 5.32 Å². The molecule has 0 aliphatic carbocycles. The van der Waals surface area contributed by atoms with Gasteiger partial charge in [0.2, 0.25) is 0 Å². The van der Waals surface area contributed by atoms with Gasteiger partial charge in [-0.25, -0.2) is 8.42 Å². The van der Waals surface area contributed by atoms with Crippen molar-refractivity contribution < 1.29 is 8.42 Å². The third-order valence-corrected chi connectivity index (χ3v) is 4.11. The maximum atomic E-state index is 11.5. The number of aromatic nitrogens is 1. The third kappa shape index (κ3) is 3.38. The number of rotatable bonds is 5. The largest absolute Gasteiger partial charge is 0.379 e. The van der Waals surface area contributed by atoms with Gasteiger partial charge in [0.25, 0.3) is 0 Å². The summed E-state index contributed by atoms with van der Waals surface area (Å²) in [5, 5.41) is 3.25. The molecule has 0 unspecified atom stereocenters. The number of anilines is 1. The van der Waals surface area contributed by atoms with E-state index in [0.29, 0.717) is 11.4 Å². The summed E-state index contributed by atoms with van der Waals surface area (Å²) in [4.78, 5) is 0.336. The van der Waals surface area contributed by atoms with Gasteiger partial charge >= 0.3 is 0 Å². The maximum absolute atomic E-state index is 11.5. The van der Waals surface area contributed by atoms with Gasteiger partial charge in [0.15, 0.2) is 9.84 Å². The van der Waals surface area contributed by atoms with Gasteiger partial charge in [-0.05, 0) is 37.3 Å². The van der Waals surface area contributed by atoms with Crippen LogP contribution in [-0.4, -0.2) is 19.2 Å². The molecular formula is C14H18N2O2S. The Morgan fingerprint density at radius 1 is 1.21 bits per heavy atom. The number of benzene rings is 1. The van der Waals surface area contributed by atoms with Crippen LogP contribution in [0.1, 0.15) is 12.6 Å². The number of nitrogens with one attached hydrogen (secondary N) is 1. The summed E-state index contributed by atoms with van der Waals surface area (Å²) in [5.41, 5.74) is 1.99. The first-order valence-corrected chi connectivity index (χ1v) is 8.08. The van der Waals surface area contributed by atoms with Gasteiger partial charge in [-0.2, -0.15) is 0 Å². The highest BCUT2D eigenvalue weighted by molar-refractivity contribution is 7.90. The minimum atomic E-state index is -3.16. The topological polar surface area (TPSA) is 51.1 Å². The molecule has 0 atom stereocenters. The Hall–Kier alpha value is -1.75. The van der Waals surface area contributed by atoms with E-state index in [4.69, 9.17) is 0 Å². The predicted octanol–water partition coefficient (Wildman–Crippen LogP) is 2.52. The van der Waals surface area contributed by atoms with E-state index in [1.807, 2.05) is 18.3 Å². The first kappa shape index (κ1) is 13.7. The lowest BCUT2D eigenvalue weighted by atomic mass is 10.3. The summed E-state index contributed by atoms with van der Waals surface area (Å²) in [6.07, 6.45) is 3.25. The van der Waals surface area contributed by atoms with E-state index in [-0.39, 0.29) is 0 Å². The molecule has 1 aromatic carbocycles. The van der Waals surface area contributed by atoms with Crippen LogP contribution in [0.5, 0.6) is 0 Å². The quantitative estimate of drug-likeness (QED) is 0.914. The third-order valence-electron chi connectivity index (χ3n) is 3.00. The molecule has 102 valence electrons. The highest BCUT2D eigenvalue weighted by Gasteiger charge is 2.07. The van der Waals surface area contributed by atoms with Gasteiger partial charge < -0.3 is 9.88 Å². The van der Waals surface area contributed by atoms with Crippen LogP contribution in [0.3, 0.4) is 0 Å². The van der Waals surface area contributed by atoms with Crippen LogP contribution in [-0.2, 0) is 22.9 Å². The molecule has 19 heavy (non-hydrogen) atoms. The molecule has 0 bridgehead atoms. The SMILES string of the molecule is CCn1cccc1CNc1cccc(S(C)(=O)=O)c1. The molecular weight excluding hydrogens is 260 g/mol. The van der Waals surface area contributed by atoms with Gasteiger partial charge in [-0.15, -0.1) is 0 Å². The van der Waals surface area contributed by atoms with E-state index >= 15 is 0 Å². The number of hydrogen-bond acceptors (Lipinski definition) is 3. The average molecular weight is 278 g/mol. The van der Waals surface area contributed by atoms with Crippen molar-refractivity contribution in [2.24, 2.45) is 0 Å². The molecule has 0 radical (unpaired) electrons. The predicted molar refractivity (Wildman–Crippen MR) is 77.0 cm³/mol. The zero-order valence-corrected chi connectivity index (χ0v) is 11.9. The molecule has 0 amide bonds. The van der Waals surface area contributed by atoms with Gasteiger partial charge in [-0.3, -0.25) is 0 Å². The second-order valence-electron chi connectivity index (χ2n) is 4.44. The van der Waals surface area contributed by atoms with Gasteiger partial charge in [0.05, 0.1) is 11.4 Å².